The van der Waals surface area contributed by atoms with Crippen LogP contribution in [0.5, 0.6) is 0 Å². The Morgan fingerprint density at radius 1 is 0.731 bits per heavy atom. The van der Waals surface area contributed by atoms with Gasteiger partial charge < -0.3 is 10.6 Å². The van der Waals surface area contributed by atoms with E-state index in [-0.39, 0.29) is 0 Å². The van der Waals surface area contributed by atoms with Crippen LogP contribution in [0.25, 0.3) is 22.3 Å². The number of hydrogen-bond donors (Lipinski definition) is 2. The van der Waals surface area contributed by atoms with Crippen molar-refractivity contribution in [3.63, 3.8) is 0 Å². The van der Waals surface area contributed by atoms with E-state index in [1.165, 1.54) is 40.7 Å². The summed E-state index contributed by atoms with van der Waals surface area (Å²) in [7, 11) is 3.97. The summed E-state index contributed by atoms with van der Waals surface area (Å²) in [4.78, 5) is 0. The fourth-order valence-corrected chi connectivity index (χ4v) is 3.36. The zero-order valence-electron chi connectivity index (χ0n) is 16.0. The zero-order valence-corrected chi connectivity index (χ0v) is 16.0. The average molecular weight is 345 g/mol. The molecule has 0 aliphatic carbocycles. The van der Waals surface area contributed by atoms with Gasteiger partial charge in [0.25, 0.3) is 0 Å². The Morgan fingerprint density at radius 2 is 1.54 bits per heavy atom. The molecule has 3 aromatic rings. The lowest BCUT2D eigenvalue weighted by atomic mass is 9.92. The van der Waals surface area contributed by atoms with E-state index in [1.807, 2.05) is 14.1 Å². The number of nitrogens with one attached hydrogen (secondary N) is 2. The molecule has 0 heterocycles. The number of benzene rings is 3. The molecule has 2 N–H and O–H groups in total. The van der Waals surface area contributed by atoms with Gasteiger partial charge in [-0.05, 0) is 59.4 Å². The molecule has 0 fully saturated rings. The van der Waals surface area contributed by atoms with Gasteiger partial charge in [-0.1, -0.05) is 55.8 Å². The van der Waals surface area contributed by atoms with E-state index in [1.54, 1.807) is 0 Å². The molecule has 0 aliphatic heterocycles. The van der Waals surface area contributed by atoms with Gasteiger partial charge in [0.15, 0.2) is 0 Å². The maximum atomic E-state index is 3.37. The predicted octanol–water partition coefficient (Wildman–Crippen LogP) is 6.45. The van der Waals surface area contributed by atoms with Gasteiger partial charge in [-0.3, -0.25) is 0 Å². The monoisotopic (exact) mass is 344 g/mol. The molecule has 3 aromatic carbocycles. The van der Waals surface area contributed by atoms with Gasteiger partial charge in [-0.15, -0.1) is 0 Å². The second kappa shape index (κ2) is 8.57. The number of aryl methyl sites for hydroxylation is 1. The lowest BCUT2D eigenvalue weighted by molar-refractivity contribution is 0.796. The molecule has 134 valence electrons. The van der Waals surface area contributed by atoms with Crippen molar-refractivity contribution in [2.45, 2.75) is 26.2 Å². The summed E-state index contributed by atoms with van der Waals surface area (Å²) in [5, 5.41) is 6.66. The van der Waals surface area contributed by atoms with Crippen molar-refractivity contribution in [2.75, 3.05) is 24.7 Å². The van der Waals surface area contributed by atoms with Gasteiger partial charge in [0.05, 0.1) is 0 Å². The summed E-state index contributed by atoms with van der Waals surface area (Å²) < 4.78 is 0. The minimum absolute atomic E-state index is 1.11. The highest BCUT2D eigenvalue weighted by Gasteiger charge is 2.12. The normalized spacial score (nSPS) is 10.6. The quantitative estimate of drug-likeness (QED) is 0.515. The molecule has 0 amide bonds. The Kier molecular flexibility index (Phi) is 5.96. The zero-order chi connectivity index (χ0) is 18.4. The molecule has 0 aromatic heterocycles. The number of rotatable bonds is 7. The molecule has 0 spiro atoms. The van der Waals surface area contributed by atoms with Gasteiger partial charge in [-0.25, -0.2) is 0 Å². The molecule has 2 heteroatoms. The minimum atomic E-state index is 1.11. The molecule has 0 aliphatic rings. The maximum absolute atomic E-state index is 3.37. The molecular formula is C24H28N2. The molecule has 0 atom stereocenters. The molecule has 26 heavy (non-hydrogen) atoms. The van der Waals surface area contributed by atoms with Crippen LogP contribution in [0.3, 0.4) is 0 Å². The van der Waals surface area contributed by atoms with Gasteiger partial charge in [0.1, 0.15) is 0 Å². The van der Waals surface area contributed by atoms with Crippen molar-refractivity contribution in [1.82, 2.24) is 0 Å². The highest BCUT2D eigenvalue weighted by Crippen LogP contribution is 2.36. The van der Waals surface area contributed by atoms with Crippen LogP contribution >= 0.6 is 0 Å². The Balaban J connectivity index is 2.15. The van der Waals surface area contributed by atoms with Crippen LogP contribution in [0.1, 0.15) is 25.3 Å². The second-order valence-electron chi connectivity index (χ2n) is 6.60. The number of hydrogen-bond acceptors (Lipinski definition) is 2. The summed E-state index contributed by atoms with van der Waals surface area (Å²) in [6.45, 7) is 2.25. The summed E-state index contributed by atoms with van der Waals surface area (Å²) >= 11 is 0. The third-order valence-corrected chi connectivity index (χ3v) is 4.88. The van der Waals surface area contributed by atoms with Gasteiger partial charge in [0.2, 0.25) is 0 Å². The first kappa shape index (κ1) is 18.1. The highest BCUT2D eigenvalue weighted by atomic mass is 14.8. The Labute approximate surface area is 157 Å². The summed E-state index contributed by atoms with van der Waals surface area (Å²) in [6, 6.07) is 24.0. The number of unbranched alkanes of at least 4 members (excludes halogenated alkanes) is 1. The third-order valence-electron chi connectivity index (χ3n) is 4.88. The molecule has 0 radical (unpaired) electrons. The van der Waals surface area contributed by atoms with Crippen molar-refractivity contribution in [3.8, 4) is 22.3 Å². The van der Waals surface area contributed by atoms with Crippen molar-refractivity contribution >= 4 is 11.4 Å². The molecule has 0 saturated carbocycles. The fourth-order valence-electron chi connectivity index (χ4n) is 3.36. The molecular weight excluding hydrogens is 316 g/mol. The first-order valence-corrected chi connectivity index (χ1v) is 9.45. The van der Waals surface area contributed by atoms with E-state index in [2.05, 4.69) is 84.3 Å². The van der Waals surface area contributed by atoms with Crippen molar-refractivity contribution in [2.24, 2.45) is 0 Å². The van der Waals surface area contributed by atoms with Crippen LogP contribution in [-0.4, -0.2) is 14.1 Å². The van der Waals surface area contributed by atoms with Crippen LogP contribution in [-0.2, 0) is 6.42 Å². The van der Waals surface area contributed by atoms with Crippen LogP contribution in [0.2, 0.25) is 0 Å². The minimum Gasteiger partial charge on any atom is -0.388 e. The Bertz CT molecular complexity index is 853. The Hall–Kier alpha value is -2.74. The SMILES string of the molecule is CCCCc1ccc(NC)cc1-c1cc(-c2ccccc2)ccc1NC. The molecule has 2 nitrogen and oxygen atoms in total. The Morgan fingerprint density at radius 3 is 2.23 bits per heavy atom. The molecule has 0 saturated heterocycles. The topological polar surface area (TPSA) is 24.1 Å². The van der Waals surface area contributed by atoms with Crippen LogP contribution in [0.4, 0.5) is 11.4 Å². The van der Waals surface area contributed by atoms with Gasteiger partial charge in [-0.2, -0.15) is 0 Å². The third kappa shape index (κ3) is 3.91. The summed E-state index contributed by atoms with van der Waals surface area (Å²) in [5.41, 5.74) is 8.78. The maximum Gasteiger partial charge on any atom is 0.0417 e. The average Bonchev–Trinajstić information content (AvgIpc) is 2.72. The van der Waals surface area contributed by atoms with E-state index in [0.717, 1.165) is 17.8 Å². The summed E-state index contributed by atoms with van der Waals surface area (Å²) in [6.07, 6.45) is 3.52. The summed E-state index contributed by atoms with van der Waals surface area (Å²) in [5.74, 6) is 0. The first-order chi connectivity index (χ1) is 12.8. The van der Waals surface area contributed by atoms with Crippen molar-refractivity contribution in [1.29, 1.82) is 0 Å². The first-order valence-electron chi connectivity index (χ1n) is 9.45. The van der Waals surface area contributed by atoms with E-state index >= 15 is 0 Å². The van der Waals surface area contributed by atoms with Crippen LogP contribution in [0.15, 0.2) is 66.7 Å². The number of anilines is 2. The second-order valence-corrected chi connectivity index (χ2v) is 6.60. The lowest BCUT2D eigenvalue weighted by Gasteiger charge is -2.17. The lowest BCUT2D eigenvalue weighted by Crippen LogP contribution is -1.98. The smallest absolute Gasteiger partial charge is 0.0417 e. The van der Waals surface area contributed by atoms with E-state index in [0.29, 0.717) is 0 Å². The highest BCUT2D eigenvalue weighted by molar-refractivity contribution is 5.85. The van der Waals surface area contributed by atoms with Gasteiger partial charge >= 0.3 is 0 Å². The standard InChI is InChI=1S/C24H28N2/c1-4-5-9-19-12-14-21(25-2)17-22(19)23-16-20(13-15-24(23)26-3)18-10-7-6-8-11-18/h6-8,10-17,25-26H,4-5,9H2,1-3H3. The van der Waals surface area contributed by atoms with Crippen LogP contribution < -0.4 is 10.6 Å². The van der Waals surface area contributed by atoms with E-state index in [9.17, 15) is 0 Å². The van der Waals surface area contributed by atoms with E-state index in [4.69, 9.17) is 0 Å². The molecule has 3 rings (SSSR count). The molecule has 0 unspecified atom stereocenters. The van der Waals surface area contributed by atoms with Crippen LogP contribution in [0, 0.1) is 0 Å². The van der Waals surface area contributed by atoms with Crippen molar-refractivity contribution in [3.05, 3.63) is 72.3 Å². The van der Waals surface area contributed by atoms with E-state index < -0.39 is 0 Å². The predicted molar refractivity (Wildman–Crippen MR) is 115 cm³/mol. The largest absolute Gasteiger partial charge is 0.388 e. The van der Waals surface area contributed by atoms with Crippen molar-refractivity contribution < 1.29 is 0 Å². The molecule has 0 bridgehead atoms. The fraction of sp³-hybridized carbons (Fsp3) is 0.250. The van der Waals surface area contributed by atoms with Gasteiger partial charge in [0, 0.05) is 31.0 Å².